The molecule has 0 amide bonds. The van der Waals surface area contributed by atoms with Crippen LogP contribution in [0.5, 0.6) is 0 Å². The lowest BCUT2D eigenvalue weighted by Crippen LogP contribution is -2.28. The lowest BCUT2D eigenvalue weighted by molar-refractivity contribution is 0.526. The predicted molar refractivity (Wildman–Crippen MR) is 85.9 cm³/mol. The van der Waals surface area contributed by atoms with E-state index in [1.807, 2.05) is 24.4 Å². The standard InChI is InChI=1S/C15H20N2O2S2/c1-3-4-7-14(13-6-5-8-16-10-13)17-21(18,19)15-9-12(2)11-20-15/h5-6,8-11,14,17H,3-4,7H2,1-2H3/t14-/m1/s1. The maximum atomic E-state index is 12.5. The average Bonchev–Trinajstić information content (AvgIpc) is 2.92. The normalized spacial score (nSPS) is 13.2. The summed E-state index contributed by atoms with van der Waals surface area (Å²) >= 11 is 1.25. The zero-order chi connectivity index (χ0) is 15.3. The molecule has 0 aliphatic carbocycles. The Bertz CT molecular complexity index is 666. The second kappa shape index (κ2) is 7.15. The van der Waals surface area contributed by atoms with Gasteiger partial charge in [-0.2, -0.15) is 0 Å². The van der Waals surface area contributed by atoms with Crippen molar-refractivity contribution in [3.05, 3.63) is 47.1 Å². The maximum absolute atomic E-state index is 12.5. The van der Waals surface area contributed by atoms with Gasteiger partial charge in [0.15, 0.2) is 0 Å². The van der Waals surface area contributed by atoms with Crippen LogP contribution in [0, 0.1) is 6.92 Å². The van der Waals surface area contributed by atoms with Crippen molar-refractivity contribution in [2.75, 3.05) is 0 Å². The number of pyridine rings is 1. The molecule has 0 unspecified atom stereocenters. The summed E-state index contributed by atoms with van der Waals surface area (Å²) in [6.07, 6.45) is 6.17. The fourth-order valence-corrected chi connectivity index (χ4v) is 4.58. The van der Waals surface area contributed by atoms with Crippen molar-refractivity contribution < 1.29 is 8.42 Å². The number of thiophene rings is 1. The highest BCUT2D eigenvalue weighted by atomic mass is 32.2. The quantitative estimate of drug-likeness (QED) is 0.845. The van der Waals surface area contributed by atoms with Crippen LogP contribution in [0.2, 0.25) is 0 Å². The summed E-state index contributed by atoms with van der Waals surface area (Å²) in [6.45, 7) is 3.99. The average molecular weight is 324 g/mol. The van der Waals surface area contributed by atoms with Gasteiger partial charge in [-0.05, 0) is 42.0 Å². The summed E-state index contributed by atoms with van der Waals surface area (Å²) in [5.74, 6) is 0. The summed E-state index contributed by atoms with van der Waals surface area (Å²) < 4.78 is 28.1. The molecule has 6 heteroatoms. The molecule has 0 radical (unpaired) electrons. The van der Waals surface area contributed by atoms with Crippen molar-refractivity contribution in [1.29, 1.82) is 0 Å². The summed E-state index contributed by atoms with van der Waals surface area (Å²) in [5, 5.41) is 1.85. The molecule has 114 valence electrons. The highest BCUT2D eigenvalue weighted by molar-refractivity contribution is 7.91. The summed E-state index contributed by atoms with van der Waals surface area (Å²) in [5.41, 5.74) is 1.87. The number of rotatable bonds is 7. The van der Waals surface area contributed by atoms with Crippen molar-refractivity contribution >= 4 is 21.4 Å². The van der Waals surface area contributed by atoms with Crippen LogP contribution >= 0.6 is 11.3 Å². The van der Waals surface area contributed by atoms with Crippen molar-refractivity contribution in [3.8, 4) is 0 Å². The minimum absolute atomic E-state index is 0.231. The number of nitrogens with zero attached hydrogens (tertiary/aromatic N) is 1. The van der Waals surface area contributed by atoms with Gasteiger partial charge in [0, 0.05) is 18.4 Å². The van der Waals surface area contributed by atoms with Gasteiger partial charge < -0.3 is 0 Å². The van der Waals surface area contributed by atoms with Gasteiger partial charge in [-0.25, -0.2) is 13.1 Å². The van der Waals surface area contributed by atoms with Gasteiger partial charge in [0.2, 0.25) is 0 Å². The van der Waals surface area contributed by atoms with Crippen LogP contribution in [0.15, 0.2) is 40.2 Å². The van der Waals surface area contributed by atoms with Gasteiger partial charge in [-0.1, -0.05) is 25.8 Å². The Hall–Kier alpha value is -1.24. The zero-order valence-corrected chi connectivity index (χ0v) is 13.9. The van der Waals surface area contributed by atoms with Crippen LogP contribution < -0.4 is 4.72 Å². The molecule has 2 aromatic heterocycles. The molecule has 0 saturated carbocycles. The van der Waals surface area contributed by atoms with E-state index in [1.165, 1.54) is 11.3 Å². The van der Waals surface area contributed by atoms with Crippen molar-refractivity contribution in [1.82, 2.24) is 9.71 Å². The van der Waals surface area contributed by atoms with E-state index < -0.39 is 10.0 Å². The minimum atomic E-state index is -3.48. The Morgan fingerprint density at radius 3 is 2.81 bits per heavy atom. The maximum Gasteiger partial charge on any atom is 0.250 e. The third-order valence-electron chi connectivity index (χ3n) is 3.20. The summed E-state index contributed by atoms with van der Waals surface area (Å²) in [6, 6.07) is 5.21. The summed E-state index contributed by atoms with van der Waals surface area (Å²) in [7, 11) is -3.48. The first-order valence-electron chi connectivity index (χ1n) is 7.00. The molecule has 0 aliphatic heterocycles. The smallest absolute Gasteiger partial charge is 0.250 e. The fraction of sp³-hybridized carbons (Fsp3) is 0.400. The molecule has 2 heterocycles. The van der Waals surface area contributed by atoms with Crippen molar-refractivity contribution in [2.24, 2.45) is 0 Å². The molecular formula is C15H20N2O2S2. The monoisotopic (exact) mass is 324 g/mol. The highest BCUT2D eigenvalue weighted by Crippen LogP contribution is 2.25. The fourth-order valence-electron chi connectivity index (χ4n) is 2.08. The Labute approximate surface area is 130 Å². The van der Waals surface area contributed by atoms with Crippen LogP contribution in [0.25, 0.3) is 0 Å². The molecule has 1 atom stereocenters. The number of hydrogen-bond donors (Lipinski definition) is 1. The number of aromatic nitrogens is 1. The van der Waals surface area contributed by atoms with E-state index >= 15 is 0 Å². The highest BCUT2D eigenvalue weighted by Gasteiger charge is 2.22. The SMILES string of the molecule is CCCC[C@@H](NS(=O)(=O)c1cc(C)cs1)c1cccnc1. The predicted octanol–water partition coefficient (Wildman–Crippen LogP) is 3.66. The van der Waals surface area contributed by atoms with Crippen molar-refractivity contribution in [2.45, 2.75) is 43.4 Å². The van der Waals surface area contributed by atoms with Gasteiger partial charge in [0.05, 0.1) is 0 Å². The topological polar surface area (TPSA) is 59.1 Å². The number of nitrogens with one attached hydrogen (secondary N) is 1. The first-order chi connectivity index (χ1) is 10.0. The Morgan fingerprint density at radius 1 is 1.43 bits per heavy atom. The van der Waals surface area contributed by atoms with Crippen LogP contribution in [0.1, 0.15) is 43.4 Å². The Balaban J connectivity index is 2.22. The lowest BCUT2D eigenvalue weighted by atomic mass is 10.0. The molecule has 21 heavy (non-hydrogen) atoms. The first-order valence-corrected chi connectivity index (χ1v) is 9.36. The van der Waals surface area contributed by atoms with Gasteiger partial charge in [0.1, 0.15) is 4.21 Å². The minimum Gasteiger partial charge on any atom is -0.264 e. The van der Waals surface area contributed by atoms with E-state index in [1.54, 1.807) is 18.5 Å². The molecule has 0 saturated heterocycles. The van der Waals surface area contributed by atoms with Crippen molar-refractivity contribution in [3.63, 3.8) is 0 Å². The second-order valence-electron chi connectivity index (χ2n) is 5.05. The van der Waals surface area contributed by atoms with Gasteiger partial charge >= 0.3 is 0 Å². The van der Waals surface area contributed by atoms with Crippen LogP contribution in [0.4, 0.5) is 0 Å². The molecule has 2 aromatic rings. The number of unbranched alkanes of at least 4 members (excludes halogenated alkanes) is 1. The van der Waals surface area contributed by atoms with Crippen LogP contribution in [0.3, 0.4) is 0 Å². The number of aryl methyl sites for hydroxylation is 1. The van der Waals surface area contributed by atoms with Gasteiger partial charge in [-0.15, -0.1) is 11.3 Å². The van der Waals surface area contributed by atoms with Gasteiger partial charge in [-0.3, -0.25) is 4.98 Å². The number of sulfonamides is 1. The molecule has 0 bridgehead atoms. The van der Waals surface area contributed by atoms with E-state index in [4.69, 9.17) is 0 Å². The third-order valence-corrected chi connectivity index (χ3v) is 6.23. The second-order valence-corrected chi connectivity index (χ2v) is 7.90. The van der Waals surface area contributed by atoms with E-state index in [0.29, 0.717) is 4.21 Å². The van der Waals surface area contributed by atoms with E-state index in [9.17, 15) is 8.42 Å². The molecule has 0 fully saturated rings. The molecule has 0 aliphatic rings. The molecule has 1 N–H and O–H groups in total. The third kappa shape index (κ3) is 4.36. The molecular weight excluding hydrogens is 304 g/mol. The molecule has 0 spiro atoms. The molecule has 2 rings (SSSR count). The number of hydrogen-bond acceptors (Lipinski definition) is 4. The first kappa shape index (κ1) is 16.1. The van der Waals surface area contributed by atoms with E-state index in [2.05, 4.69) is 16.6 Å². The molecule has 4 nitrogen and oxygen atoms in total. The molecule has 0 aromatic carbocycles. The van der Waals surface area contributed by atoms with E-state index in [0.717, 1.165) is 30.4 Å². The van der Waals surface area contributed by atoms with Crippen LogP contribution in [-0.2, 0) is 10.0 Å². The van der Waals surface area contributed by atoms with Crippen LogP contribution in [-0.4, -0.2) is 13.4 Å². The Kier molecular flexibility index (Phi) is 5.50. The largest absolute Gasteiger partial charge is 0.264 e. The summed E-state index contributed by atoms with van der Waals surface area (Å²) in [4.78, 5) is 4.09. The Morgan fingerprint density at radius 2 is 2.24 bits per heavy atom. The van der Waals surface area contributed by atoms with E-state index in [-0.39, 0.29) is 6.04 Å². The zero-order valence-electron chi connectivity index (χ0n) is 12.2. The lowest BCUT2D eigenvalue weighted by Gasteiger charge is -2.18. The van der Waals surface area contributed by atoms with Gasteiger partial charge in [0.25, 0.3) is 10.0 Å².